The molecule has 1 saturated heterocycles. The molecule has 0 bridgehead atoms. The van der Waals surface area contributed by atoms with E-state index in [2.05, 4.69) is 11.8 Å². The molecular formula is C13H18Cl2N2O. The summed E-state index contributed by atoms with van der Waals surface area (Å²) in [4.78, 5) is 2.31. The zero-order chi connectivity index (χ0) is 13.1. The minimum atomic E-state index is -0.0592. The summed E-state index contributed by atoms with van der Waals surface area (Å²) in [6.07, 6.45) is -0.0592. The first-order chi connectivity index (χ1) is 8.69. The Hall–Kier alpha value is -0.320. The van der Waals surface area contributed by atoms with E-state index in [1.54, 1.807) is 0 Å². The Kier molecular flexibility index (Phi) is 4.87. The largest absolute Gasteiger partial charge is 0.374 e. The number of nitrogens with two attached hydrogens (primary N) is 1. The van der Waals surface area contributed by atoms with Gasteiger partial charge in [0, 0.05) is 28.7 Å². The molecular weight excluding hydrogens is 271 g/mol. The number of hydrogen-bond donors (Lipinski definition) is 1. The van der Waals surface area contributed by atoms with E-state index in [0.29, 0.717) is 23.2 Å². The van der Waals surface area contributed by atoms with Crippen molar-refractivity contribution in [3.05, 3.63) is 33.8 Å². The molecule has 3 nitrogen and oxygen atoms in total. The number of hydrogen-bond acceptors (Lipinski definition) is 3. The van der Waals surface area contributed by atoms with Crippen LogP contribution in [-0.2, 0) is 4.74 Å². The molecule has 0 amide bonds. The zero-order valence-electron chi connectivity index (χ0n) is 10.4. The fourth-order valence-corrected chi connectivity index (χ4v) is 3.12. The van der Waals surface area contributed by atoms with Crippen LogP contribution in [0.15, 0.2) is 18.2 Å². The van der Waals surface area contributed by atoms with E-state index in [0.717, 1.165) is 18.7 Å². The summed E-state index contributed by atoms with van der Waals surface area (Å²) >= 11 is 12.6. The lowest BCUT2D eigenvalue weighted by molar-refractivity contribution is -0.0657. The lowest BCUT2D eigenvalue weighted by Gasteiger charge is -2.41. The van der Waals surface area contributed by atoms with E-state index < -0.39 is 0 Å². The maximum atomic E-state index is 6.30. The number of rotatable bonds is 3. The molecule has 1 fully saturated rings. The summed E-state index contributed by atoms with van der Waals surface area (Å²) in [7, 11) is 0. The Labute approximate surface area is 118 Å². The van der Waals surface area contributed by atoms with Gasteiger partial charge in [0.15, 0.2) is 0 Å². The molecule has 1 aromatic carbocycles. The third-order valence-corrected chi connectivity index (χ3v) is 4.05. The van der Waals surface area contributed by atoms with Gasteiger partial charge in [-0.25, -0.2) is 0 Å². The molecule has 0 aliphatic carbocycles. The molecule has 1 aliphatic heterocycles. The summed E-state index contributed by atoms with van der Waals surface area (Å²) in [6, 6.07) is 5.61. The first-order valence-electron chi connectivity index (χ1n) is 6.18. The zero-order valence-corrected chi connectivity index (χ0v) is 11.9. The monoisotopic (exact) mass is 288 g/mol. The molecule has 18 heavy (non-hydrogen) atoms. The van der Waals surface area contributed by atoms with Crippen LogP contribution in [0, 0.1) is 0 Å². The van der Waals surface area contributed by atoms with E-state index in [-0.39, 0.29) is 12.1 Å². The molecule has 100 valence electrons. The van der Waals surface area contributed by atoms with Crippen molar-refractivity contribution in [2.75, 3.05) is 26.2 Å². The number of morpholine rings is 1. The van der Waals surface area contributed by atoms with Gasteiger partial charge < -0.3 is 10.5 Å². The van der Waals surface area contributed by atoms with Crippen LogP contribution in [0.2, 0.25) is 10.0 Å². The van der Waals surface area contributed by atoms with Crippen LogP contribution in [-0.4, -0.2) is 37.2 Å². The first-order valence-corrected chi connectivity index (χ1v) is 6.94. The molecule has 0 radical (unpaired) electrons. The Morgan fingerprint density at radius 1 is 1.39 bits per heavy atom. The Morgan fingerprint density at radius 3 is 2.61 bits per heavy atom. The fraction of sp³-hybridized carbons (Fsp3) is 0.538. The highest BCUT2D eigenvalue weighted by molar-refractivity contribution is 6.36. The van der Waals surface area contributed by atoms with Crippen molar-refractivity contribution in [1.82, 2.24) is 4.90 Å². The maximum Gasteiger partial charge on any atom is 0.0895 e. The molecule has 5 heteroatoms. The molecule has 1 heterocycles. The quantitative estimate of drug-likeness (QED) is 0.930. The minimum Gasteiger partial charge on any atom is -0.374 e. The SMILES string of the molecule is CCN1CCOC(CN)C1c1c(Cl)cccc1Cl. The normalized spacial score (nSPS) is 25.3. The molecule has 2 N–H and O–H groups in total. The van der Waals surface area contributed by atoms with Crippen molar-refractivity contribution in [3.8, 4) is 0 Å². The van der Waals surface area contributed by atoms with E-state index >= 15 is 0 Å². The van der Waals surface area contributed by atoms with Crippen molar-refractivity contribution >= 4 is 23.2 Å². The average Bonchev–Trinajstić information content (AvgIpc) is 2.38. The standard InChI is InChI=1S/C13H18Cl2N2O/c1-2-17-6-7-18-11(8-16)13(17)12-9(14)4-3-5-10(12)15/h3-5,11,13H,2,6-8,16H2,1H3. The summed E-state index contributed by atoms with van der Waals surface area (Å²) in [5.41, 5.74) is 6.74. The molecule has 0 saturated carbocycles. The molecule has 0 aromatic heterocycles. The Morgan fingerprint density at radius 2 is 2.06 bits per heavy atom. The number of nitrogens with zero attached hydrogens (tertiary/aromatic N) is 1. The van der Waals surface area contributed by atoms with Gasteiger partial charge in [-0.15, -0.1) is 0 Å². The van der Waals surface area contributed by atoms with Crippen molar-refractivity contribution < 1.29 is 4.74 Å². The summed E-state index contributed by atoms with van der Waals surface area (Å²) in [6.45, 7) is 5.08. The van der Waals surface area contributed by atoms with Crippen LogP contribution in [0.3, 0.4) is 0 Å². The van der Waals surface area contributed by atoms with Crippen LogP contribution < -0.4 is 5.73 Å². The molecule has 2 atom stereocenters. The lowest BCUT2D eigenvalue weighted by Crippen LogP contribution is -2.48. The van der Waals surface area contributed by atoms with E-state index in [9.17, 15) is 0 Å². The van der Waals surface area contributed by atoms with Crippen LogP contribution in [0.5, 0.6) is 0 Å². The average molecular weight is 289 g/mol. The number of benzene rings is 1. The van der Waals surface area contributed by atoms with Gasteiger partial charge in [-0.05, 0) is 18.7 Å². The number of ether oxygens (including phenoxy) is 1. The van der Waals surface area contributed by atoms with Gasteiger partial charge in [0.1, 0.15) is 0 Å². The van der Waals surface area contributed by atoms with Crippen LogP contribution >= 0.6 is 23.2 Å². The Bertz CT molecular complexity index is 382. The lowest BCUT2D eigenvalue weighted by atomic mass is 9.97. The number of halogens is 2. The van der Waals surface area contributed by atoms with Gasteiger partial charge in [-0.1, -0.05) is 36.2 Å². The first kappa shape index (κ1) is 14.1. The third kappa shape index (κ3) is 2.65. The second-order valence-corrected chi connectivity index (χ2v) is 5.17. The topological polar surface area (TPSA) is 38.5 Å². The fourth-order valence-electron chi connectivity index (χ4n) is 2.50. The predicted octanol–water partition coefficient (Wildman–Crippen LogP) is 2.71. The molecule has 0 spiro atoms. The highest BCUT2D eigenvalue weighted by Gasteiger charge is 2.34. The van der Waals surface area contributed by atoms with Gasteiger partial charge in [-0.3, -0.25) is 4.90 Å². The minimum absolute atomic E-state index is 0.0370. The van der Waals surface area contributed by atoms with Gasteiger partial charge in [0.2, 0.25) is 0 Å². The third-order valence-electron chi connectivity index (χ3n) is 3.39. The Balaban J connectivity index is 2.42. The van der Waals surface area contributed by atoms with Crippen LogP contribution in [0.1, 0.15) is 18.5 Å². The maximum absolute atomic E-state index is 6.30. The van der Waals surface area contributed by atoms with Gasteiger partial charge in [-0.2, -0.15) is 0 Å². The second kappa shape index (κ2) is 6.22. The number of likely N-dealkylation sites (N-methyl/N-ethyl adjacent to an activating group) is 1. The van der Waals surface area contributed by atoms with Gasteiger partial charge in [0.25, 0.3) is 0 Å². The molecule has 2 unspecified atom stereocenters. The van der Waals surface area contributed by atoms with Crippen LogP contribution in [0.25, 0.3) is 0 Å². The van der Waals surface area contributed by atoms with E-state index in [4.69, 9.17) is 33.7 Å². The van der Waals surface area contributed by atoms with Gasteiger partial charge >= 0.3 is 0 Å². The molecule has 1 aromatic rings. The summed E-state index contributed by atoms with van der Waals surface area (Å²) in [5, 5.41) is 1.35. The van der Waals surface area contributed by atoms with Crippen molar-refractivity contribution in [1.29, 1.82) is 0 Å². The highest BCUT2D eigenvalue weighted by Crippen LogP contribution is 2.37. The smallest absolute Gasteiger partial charge is 0.0895 e. The van der Waals surface area contributed by atoms with Crippen molar-refractivity contribution in [3.63, 3.8) is 0 Å². The van der Waals surface area contributed by atoms with Crippen molar-refractivity contribution in [2.24, 2.45) is 5.73 Å². The van der Waals surface area contributed by atoms with Gasteiger partial charge in [0.05, 0.1) is 18.8 Å². The van der Waals surface area contributed by atoms with Crippen LogP contribution in [0.4, 0.5) is 0 Å². The van der Waals surface area contributed by atoms with E-state index in [1.807, 2.05) is 18.2 Å². The van der Waals surface area contributed by atoms with Crippen molar-refractivity contribution in [2.45, 2.75) is 19.1 Å². The second-order valence-electron chi connectivity index (χ2n) is 4.35. The predicted molar refractivity (Wildman–Crippen MR) is 75.2 cm³/mol. The molecule has 2 rings (SSSR count). The highest BCUT2D eigenvalue weighted by atomic mass is 35.5. The van der Waals surface area contributed by atoms with E-state index in [1.165, 1.54) is 0 Å². The molecule has 1 aliphatic rings. The summed E-state index contributed by atoms with van der Waals surface area (Å²) in [5.74, 6) is 0. The summed E-state index contributed by atoms with van der Waals surface area (Å²) < 4.78 is 5.75.